The van der Waals surface area contributed by atoms with E-state index in [1.807, 2.05) is 24.3 Å². The second-order valence-electron chi connectivity index (χ2n) is 4.57. The summed E-state index contributed by atoms with van der Waals surface area (Å²) in [5, 5.41) is 0. The van der Waals surface area contributed by atoms with Crippen LogP contribution >= 0.6 is 0 Å². The Balaban J connectivity index is 1.90. The zero-order valence-corrected chi connectivity index (χ0v) is 10.4. The fraction of sp³-hybridized carbons (Fsp3) is 0.250. The molecule has 1 aliphatic rings. The van der Waals surface area contributed by atoms with Crippen LogP contribution in [0.5, 0.6) is 11.5 Å². The van der Waals surface area contributed by atoms with Crippen molar-refractivity contribution in [1.82, 2.24) is 0 Å². The van der Waals surface area contributed by atoms with Crippen molar-refractivity contribution in [2.75, 3.05) is 13.7 Å². The minimum absolute atomic E-state index is 0.388. The Labute approximate surface area is 107 Å². The molecule has 0 spiro atoms. The van der Waals surface area contributed by atoms with Crippen LogP contribution in [-0.2, 0) is 6.42 Å². The van der Waals surface area contributed by atoms with Crippen molar-refractivity contribution < 1.29 is 9.47 Å². The quantitative estimate of drug-likeness (QED) is 0.818. The van der Waals surface area contributed by atoms with Crippen molar-refractivity contribution in [2.24, 2.45) is 0 Å². The average molecular weight is 240 g/mol. The van der Waals surface area contributed by atoms with E-state index in [2.05, 4.69) is 24.3 Å². The Morgan fingerprint density at radius 1 is 1.11 bits per heavy atom. The number of rotatable bonds is 3. The number of methoxy groups -OCH3 is 1. The first-order chi connectivity index (χ1) is 8.88. The predicted octanol–water partition coefficient (Wildman–Crippen LogP) is 3.41. The molecule has 0 radical (unpaired) electrons. The van der Waals surface area contributed by atoms with Crippen molar-refractivity contribution in [1.29, 1.82) is 0 Å². The van der Waals surface area contributed by atoms with Crippen molar-refractivity contribution in [3.63, 3.8) is 0 Å². The second-order valence-corrected chi connectivity index (χ2v) is 4.57. The third-order valence-corrected chi connectivity index (χ3v) is 3.42. The summed E-state index contributed by atoms with van der Waals surface area (Å²) in [5.74, 6) is 2.29. The first kappa shape index (κ1) is 11.1. The van der Waals surface area contributed by atoms with Crippen LogP contribution in [0, 0.1) is 0 Å². The molecule has 1 atom stereocenters. The summed E-state index contributed by atoms with van der Waals surface area (Å²) in [7, 11) is 1.72. The van der Waals surface area contributed by atoms with Crippen LogP contribution < -0.4 is 9.47 Å². The summed E-state index contributed by atoms with van der Waals surface area (Å²) in [6, 6.07) is 16.5. The van der Waals surface area contributed by atoms with Crippen molar-refractivity contribution >= 4 is 0 Å². The van der Waals surface area contributed by atoms with Gasteiger partial charge in [0.15, 0.2) is 0 Å². The molecule has 3 rings (SSSR count). The fourth-order valence-electron chi connectivity index (χ4n) is 2.56. The van der Waals surface area contributed by atoms with Crippen LogP contribution in [0.2, 0.25) is 0 Å². The van der Waals surface area contributed by atoms with Gasteiger partial charge in [0.05, 0.1) is 13.7 Å². The molecule has 0 fully saturated rings. The average Bonchev–Trinajstić information content (AvgIpc) is 2.83. The lowest BCUT2D eigenvalue weighted by molar-refractivity contribution is 0.330. The molecule has 1 heterocycles. The van der Waals surface area contributed by atoms with Crippen LogP contribution in [0.15, 0.2) is 48.5 Å². The van der Waals surface area contributed by atoms with Gasteiger partial charge in [-0.3, -0.25) is 0 Å². The van der Waals surface area contributed by atoms with E-state index in [-0.39, 0.29) is 0 Å². The summed E-state index contributed by atoms with van der Waals surface area (Å²) >= 11 is 0. The van der Waals surface area contributed by atoms with Crippen LogP contribution in [0.1, 0.15) is 17.0 Å². The highest BCUT2D eigenvalue weighted by molar-refractivity contribution is 5.50. The molecule has 0 aromatic heterocycles. The topological polar surface area (TPSA) is 18.5 Å². The SMILES string of the molecule is COc1cccc2c1C(Cc1ccccc1)CO2. The Kier molecular flexibility index (Phi) is 2.93. The van der Waals surface area contributed by atoms with Gasteiger partial charge in [0.1, 0.15) is 11.5 Å². The van der Waals surface area contributed by atoms with Crippen LogP contribution in [0.3, 0.4) is 0 Å². The smallest absolute Gasteiger partial charge is 0.126 e. The molecule has 2 aromatic rings. The molecule has 0 saturated heterocycles. The Hall–Kier alpha value is -1.96. The van der Waals surface area contributed by atoms with E-state index in [0.717, 1.165) is 24.5 Å². The summed E-state index contributed by atoms with van der Waals surface area (Å²) in [6.45, 7) is 0.741. The van der Waals surface area contributed by atoms with Gasteiger partial charge < -0.3 is 9.47 Å². The lowest BCUT2D eigenvalue weighted by Gasteiger charge is -2.12. The summed E-state index contributed by atoms with van der Waals surface area (Å²) in [5.41, 5.74) is 2.55. The summed E-state index contributed by atoms with van der Waals surface area (Å²) in [6.07, 6.45) is 0.994. The standard InChI is InChI=1S/C16H16O2/c1-17-14-8-5-9-15-16(14)13(11-18-15)10-12-6-3-2-4-7-12/h2-9,13H,10-11H2,1H3. The molecular weight excluding hydrogens is 224 g/mol. The molecule has 0 saturated carbocycles. The molecule has 2 nitrogen and oxygen atoms in total. The number of benzene rings is 2. The first-order valence-electron chi connectivity index (χ1n) is 6.22. The maximum atomic E-state index is 5.75. The number of fused-ring (bicyclic) bond motifs is 1. The van der Waals surface area contributed by atoms with E-state index < -0.39 is 0 Å². The van der Waals surface area contributed by atoms with Crippen molar-refractivity contribution in [2.45, 2.75) is 12.3 Å². The van der Waals surface area contributed by atoms with Gasteiger partial charge >= 0.3 is 0 Å². The Morgan fingerprint density at radius 2 is 1.94 bits per heavy atom. The van der Waals surface area contributed by atoms with Crippen LogP contribution in [0.25, 0.3) is 0 Å². The van der Waals surface area contributed by atoms with Crippen LogP contribution in [-0.4, -0.2) is 13.7 Å². The molecule has 18 heavy (non-hydrogen) atoms. The second kappa shape index (κ2) is 4.73. The van der Waals surface area contributed by atoms with Gasteiger partial charge in [0.25, 0.3) is 0 Å². The predicted molar refractivity (Wildman–Crippen MR) is 71.4 cm³/mol. The van der Waals surface area contributed by atoms with Gasteiger partial charge in [-0.1, -0.05) is 36.4 Å². The Bertz CT molecular complexity index is 534. The normalized spacial score (nSPS) is 17.1. The van der Waals surface area contributed by atoms with E-state index in [4.69, 9.17) is 9.47 Å². The van der Waals surface area contributed by atoms with Gasteiger partial charge in [-0.2, -0.15) is 0 Å². The van der Waals surface area contributed by atoms with E-state index in [1.54, 1.807) is 7.11 Å². The molecule has 0 aliphatic carbocycles. The van der Waals surface area contributed by atoms with Gasteiger partial charge in [-0.05, 0) is 24.1 Å². The lowest BCUT2D eigenvalue weighted by Crippen LogP contribution is -2.05. The summed E-state index contributed by atoms with van der Waals surface area (Å²) < 4.78 is 11.2. The van der Waals surface area contributed by atoms with E-state index in [0.29, 0.717) is 5.92 Å². The monoisotopic (exact) mass is 240 g/mol. The molecule has 92 valence electrons. The van der Waals surface area contributed by atoms with E-state index >= 15 is 0 Å². The highest BCUT2D eigenvalue weighted by atomic mass is 16.5. The molecule has 2 heteroatoms. The minimum Gasteiger partial charge on any atom is -0.496 e. The maximum absolute atomic E-state index is 5.75. The van der Waals surface area contributed by atoms with Gasteiger partial charge in [0.2, 0.25) is 0 Å². The molecule has 0 bridgehead atoms. The number of ether oxygens (including phenoxy) is 2. The minimum atomic E-state index is 0.388. The largest absolute Gasteiger partial charge is 0.496 e. The third-order valence-electron chi connectivity index (χ3n) is 3.42. The maximum Gasteiger partial charge on any atom is 0.126 e. The van der Waals surface area contributed by atoms with Gasteiger partial charge in [0, 0.05) is 11.5 Å². The van der Waals surface area contributed by atoms with Gasteiger partial charge in [-0.15, -0.1) is 0 Å². The zero-order chi connectivity index (χ0) is 12.4. The Morgan fingerprint density at radius 3 is 2.72 bits per heavy atom. The zero-order valence-electron chi connectivity index (χ0n) is 10.4. The fourth-order valence-corrected chi connectivity index (χ4v) is 2.56. The van der Waals surface area contributed by atoms with Gasteiger partial charge in [-0.25, -0.2) is 0 Å². The van der Waals surface area contributed by atoms with Crippen molar-refractivity contribution in [3.8, 4) is 11.5 Å². The third kappa shape index (κ3) is 1.94. The molecule has 1 unspecified atom stereocenters. The lowest BCUT2D eigenvalue weighted by atomic mass is 9.93. The number of hydrogen-bond donors (Lipinski definition) is 0. The molecular formula is C16H16O2. The van der Waals surface area contributed by atoms with Crippen molar-refractivity contribution in [3.05, 3.63) is 59.7 Å². The number of hydrogen-bond acceptors (Lipinski definition) is 2. The molecule has 1 aliphatic heterocycles. The highest BCUT2D eigenvalue weighted by Crippen LogP contribution is 2.41. The van der Waals surface area contributed by atoms with Crippen LogP contribution in [0.4, 0.5) is 0 Å². The summed E-state index contributed by atoms with van der Waals surface area (Å²) in [4.78, 5) is 0. The molecule has 0 amide bonds. The molecule has 0 N–H and O–H groups in total. The van der Waals surface area contributed by atoms with E-state index in [1.165, 1.54) is 11.1 Å². The highest BCUT2D eigenvalue weighted by Gasteiger charge is 2.27. The van der Waals surface area contributed by atoms with E-state index in [9.17, 15) is 0 Å². The first-order valence-corrected chi connectivity index (χ1v) is 6.22. The molecule has 2 aromatic carbocycles.